The van der Waals surface area contributed by atoms with Crippen LogP contribution in [0.25, 0.3) is 0 Å². The lowest BCUT2D eigenvalue weighted by Crippen LogP contribution is -2.47. The van der Waals surface area contributed by atoms with Gasteiger partial charge in [-0.25, -0.2) is 9.79 Å². The van der Waals surface area contributed by atoms with Crippen LogP contribution in [0.1, 0.15) is 24.6 Å². The van der Waals surface area contributed by atoms with Crippen LogP contribution in [0.2, 0.25) is 0 Å². The summed E-state index contributed by atoms with van der Waals surface area (Å²) in [7, 11) is 1.52. The monoisotopic (exact) mass is 394 g/mol. The Labute approximate surface area is 157 Å². The normalized spacial score (nSPS) is 20.1. The minimum absolute atomic E-state index is 0.0735. The van der Waals surface area contributed by atoms with Crippen molar-refractivity contribution in [3.05, 3.63) is 47.8 Å². The van der Waals surface area contributed by atoms with E-state index in [1.54, 1.807) is 31.2 Å². The van der Waals surface area contributed by atoms with E-state index < -0.39 is 23.4 Å². The molecule has 2 heterocycles. The van der Waals surface area contributed by atoms with Gasteiger partial charge in [-0.05, 0) is 30.7 Å². The third-order valence-electron chi connectivity index (χ3n) is 4.40. The first-order valence-corrected chi connectivity index (χ1v) is 8.16. The van der Waals surface area contributed by atoms with Gasteiger partial charge in [0.25, 0.3) is 0 Å². The van der Waals surface area contributed by atoms with E-state index in [4.69, 9.17) is 5.73 Å². The topological polar surface area (TPSA) is 106 Å². The number of nitrogens with zero attached hydrogens (tertiary/aromatic N) is 4. The predicted octanol–water partition coefficient (Wildman–Crippen LogP) is 2.37. The number of aliphatic imine (C=N–C) groups is 1. The molecule has 0 saturated heterocycles. The number of benzene rings is 1. The van der Waals surface area contributed by atoms with Crippen LogP contribution >= 0.6 is 0 Å². The third kappa shape index (κ3) is 3.68. The van der Waals surface area contributed by atoms with Crippen LogP contribution < -0.4 is 11.1 Å². The zero-order valence-electron chi connectivity index (χ0n) is 15.0. The van der Waals surface area contributed by atoms with Crippen molar-refractivity contribution in [3.8, 4) is 0 Å². The first-order chi connectivity index (χ1) is 13.0. The summed E-state index contributed by atoms with van der Waals surface area (Å²) in [5, 5.41) is 5.69. The average molecular weight is 394 g/mol. The molecule has 0 spiro atoms. The summed E-state index contributed by atoms with van der Waals surface area (Å²) in [6, 6.07) is 6.35. The molecule has 0 radical (unpaired) electrons. The second kappa shape index (κ2) is 6.66. The molecule has 1 atom stereocenters. The Balaban J connectivity index is 1.83. The van der Waals surface area contributed by atoms with E-state index in [0.717, 1.165) is 6.20 Å². The van der Waals surface area contributed by atoms with Gasteiger partial charge in [-0.15, -0.1) is 0 Å². The number of nitrogens with two attached hydrogens (primary N) is 1. The Morgan fingerprint density at radius 2 is 2.04 bits per heavy atom. The second-order valence-electron chi connectivity index (χ2n) is 6.53. The minimum atomic E-state index is -4.64. The standard InChI is InChI=1S/C17H17F3N6O2/c1-16(9-13(27)25(2)14(21)23-16)10-4-3-5-11(8-10)22-15(28)26-7-6-12(24-26)17(18,19)20/h3-8H,9H2,1-2H3,(H2,21,23)(H,22,28). The van der Waals surface area contributed by atoms with Crippen LogP contribution in [0.3, 0.4) is 0 Å². The van der Waals surface area contributed by atoms with Gasteiger partial charge in [0.15, 0.2) is 11.7 Å². The molecule has 11 heteroatoms. The first-order valence-electron chi connectivity index (χ1n) is 8.16. The molecule has 8 nitrogen and oxygen atoms in total. The highest BCUT2D eigenvalue weighted by Gasteiger charge is 2.36. The second-order valence-corrected chi connectivity index (χ2v) is 6.53. The van der Waals surface area contributed by atoms with Gasteiger partial charge in [-0.3, -0.25) is 9.69 Å². The first kappa shape index (κ1) is 19.4. The zero-order chi connectivity index (χ0) is 20.7. The number of guanidine groups is 1. The maximum Gasteiger partial charge on any atom is 0.435 e. The lowest BCUT2D eigenvalue weighted by molar-refractivity contribution is -0.141. The number of carbonyl (C=O) groups is 2. The van der Waals surface area contributed by atoms with Crippen LogP contribution in [-0.2, 0) is 16.5 Å². The lowest BCUT2D eigenvalue weighted by Gasteiger charge is -2.33. The molecule has 0 fully saturated rings. The number of carbonyl (C=O) groups excluding carboxylic acids is 2. The maximum absolute atomic E-state index is 12.6. The summed E-state index contributed by atoms with van der Waals surface area (Å²) in [5.41, 5.74) is 4.63. The number of hydrogen-bond donors (Lipinski definition) is 2. The van der Waals surface area contributed by atoms with E-state index in [1.165, 1.54) is 11.9 Å². The molecule has 1 aromatic carbocycles. The molecular formula is C17H17F3N6O2. The molecule has 1 unspecified atom stereocenters. The number of anilines is 1. The van der Waals surface area contributed by atoms with Gasteiger partial charge in [-0.1, -0.05) is 12.1 Å². The van der Waals surface area contributed by atoms with Crippen molar-refractivity contribution in [1.82, 2.24) is 14.7 Å². The Hall–Kier alpha value is -3.37. The molecule has 0 bridgehead atoms. The highest BCUT2D eigenvalue weighted by atomic mass is 19.4. The molecule has 1 aromatic heterocycles. The van der Waals surface area contributed by atoms with Gasteiger partial charge in [0.2, 0.25) is 5.91 Å². The summed E-state index contributed by atoms with van der Waals surface area (Å²) in [4.78, 5) is 29.9. The van der Waals surface area contributed by atoms with Gasteiger partial charge in [-0.2, -0.15) is 23.0 Å². The van der Waals surface area contributed by atoms with E-state index in [-0.39, 0.29) is 18.3 Å². The number of aromatic nitrogens is 2. The fourth-order valence-corrected chi connectivity index (χ4v) is 2.78. The van der Waals surface area contributed by atoms with E-state index >= 15 is 0 Å². The molecule has 2 amide bonds. The van der Waals surface area contributed by atoms with Crippen LogP contribution in [0.4, 0.5) is 23.7 Å². The van der Waals surface area contributed by atoms with Crippen LogP contribution in [-0.4, -0.2) is 39.6 Å². The molecule has 28 heavy (non-hydrogen) atoms. The van der Waals surface area contributed by atoms with E-state index in [1.807, 2.05) is 0 Å². The lowest BCUT2D eigenvalue weighted by atomic mass is 9.87. The smallest absolute Gasteiger partial charge is 0.369 e. The van der Waals surface area contributed by atoms with Gasteiger partial charge in [0.1, 0.15) is 0 Å². The van der Waals surface area contributed by atoms with E-state index in [9.17, 15) is 22.8 Å². The van der Waals surface area contributed by atoms with Crippen molar-refractivity contribution in [2.75, 3.05) is 12.4 Å². The quantitative estimate of drug-likeness (QED) is 0.816. The summed E-state index contributed by atoms with van der Waals surface area (Å²) in [6.45, 7) is 1.73. The molecule has 2 aromatic rings. The number of alkyl halides is 3. The maximum atomic E-state index is 12.6. The van der Waals surface area contributed by atoms with Crippen molar-refractivity contribution in [1.29, 1.82) is 0 Å². The van der Waals surface area contributed by atoms with Gasteiger partial charge in [0.05, 0.1) is 12.0 Å². The SMILES string of the molecule is CN1C(=O)CC(C)(c2cccc(NC(=O)n3ccc(C(F)(F)F)n3)c2)N=C1N. The van der Waals surface area contributed by atoms with Crippen LogP contribution in [0.15, 0.2) is 41.5 Å². The van der Waals surface area contributed by atoms with Gasteiger partial charge >= 0.3 is 12.2 Å². The van der Waals surface area contributed by atoms with Crippen molar-refractivity contribution in [2.45, 2.75) is 25.1 Å². The van der Waals surface area contributed by atoms with Gasteiger partial charge < -0.3 is 11.1 Å². The van der Waals surface area contributed by atoms with Crippen molar-refractivity contribution in [2.24, 2.45) is 10.7 Å². The number of rotatable bonds is 2. The van der Waals surface area contributed by atoms with E-state index in [0.29, 0.717) is 22.0 Å². The highest BCUT2D eigenvalue weighted by molar-refractivity contribution is 5.99. The molecule has 3 N–H and O–H groups in total. The number of amides is 2. The highest BCUT2D eigenvalue weighted by Crippen LogP contribution is 2.34. The van der Waals surface area contributed by atoms with Crippen molar-refractivity contribution >= 4 is 23.6 Å². The fourth-order valence-electron chi connectivity index (χ4n) is 2.78. The Morgan fingerprint density at radius 1 is 1.32 bits per heavy atom. The van der Waals surface area contributed by atoms with Gasteiger partial charge in [0, 0.05) is 18.9 Å². The zero-order valence-corrected chi connectivity index (χ0v) is 15.0. The average Bonchev–Trinajstić information content (AvgIpc) is 3.10. The van der Waals surface area contributed by atoms with Crippen LogP contribution in [0, 0.1) is 0 Å². The molecule has 0 saturated carbocycles. The molecule has 1 aliphatic heterocycles. The van der Waals surface area contributed by atoms with Crippen molar-refractivity contribution < 1.29 is 22.8 Å². The summed E-state index contributed by atoms with van der Waals surface area (Å²) in [5.74, 6) is -0.134. The Kier molecular flexibility index (Phi) is 4.61. The summed E-state index contributed by atoms with van der Waals surface area (Å²) >= 11 is 0. The largest absolute Gasteiger partial charge is 0.435 e. The predicted molar refractivity (Wildman–Crippen MR) is 94.4 cm³/mol. The number of halogens is 3. The van der Waals surface area contributed by atoms with E-state index in [2.05, 4.69) is 15.4 Å². The summed E-state index contributed by atoms with van der Waals surface area (Å²) < 4.78 is 38.4. The number of hydrogen-bond acceptors (Lipinski definition) is 5. The minimum Gasteiger partial charge on any atom is -0.369 e. The summed E-state index contributed by atoms with van der Waals surface area (Å²) in [6.07, 6.45) is -3.64. The Morgan fingerprint density at radius 3 is 2.64 bits per heavy atom. The molecule has 3 rings (SSSR count). The fraction of sp³-hybridized carbons (Fsp3) is 0.294. The molecule has 0 aliphatic carbocycles. The molecular weight excluding hydrogens is 377 g/mol. The molecule has 148 valence electrons. The number of nitrogens with one attached hydrogen (secondary N) is 1. The van der Waals surface area contributed by atoms with Crippen molar-refractivity contribution in [3.63, 3.8) is 0 Å². The van der Waals surface area contributed by atoms with Crippen LogP contribution in [0.5, 0.6) is 0 Å². The Bertz CT molecular complexity index is 968. The third-order valence-corrected chi connectivity index (χ3v) is 4.40. The molecule has 1 aliphatic rings.